The third-order valence-corrected chi connectivity index (χ3v) is 3.70. The number of rotatable bonds is 0. The van der Waals surface area contributed by atoms with Crippen LogP contribution in [0.25, 0.3) is 32.8 Å². The maximum atomic E-state index is 4.34. The monoisotopic (exact) mass is 244 g/mol. The van der Waals surface area contributed by atoms with Crippen LogP contribution in [0.15, 0.2) is 24.3 Å². The van der Waals surface area contributed by atoms with Crippen LogP contribution in [0.5, 0.6) is 0 Å². The van der Waals surface area contributed by atoms with Crippen LogP contribution in [-0.2, 0) is 0 Å². The molecule has 2 heterocycles. The van der Waals surface area contributed by atoms with Crippen molar-refractivity contribution in [2.75, 3.05) is 0 Å². The second-order valence-corrected chi connectivity index (χ2v) is 4.53. The van der Waals surface area contributed by atoms with Gasteiger partial charge in [0.1, 0.15) is 22.1 Å². The SMILES string of the molecule is c1ccc2c(c1)c1nsnc1c1nsnc21. The minimum absolute atomic E-state index is 0.868. The Morgan fingerprint density at radius 3 is 1.56 bits per heavy atom. The highest BCUT2D eigenvalue weighted by atomic mass is 32.1. The summed E-state index contributed by atoms with van der Waals surface area (Å²) in [5.74, 6) is 0. The van der Waals surface area contributed by atoms with Gasteiger partial charge in [-0.05, 0) is 0 Å². The number of hydrogen-bond donors (Lipinski definition) is 0. The molecule has 2 aromatic carbocycles. The Labute approximate surface area is 98.2 Å². The smallest absolute Gasteiger partial charge is 0.134 e. The van der Waals surface area contributed by atoms with Crippen molar-refractivity contribution in [1.29, 1.82) is 0 Å². The zero-order chi connectivity index (χ0) is 10.5. The molecule has 0 N–H and O–H groups in total. The van der Waals surface area contributed by atoms with Crippen LogP contribution in [-0.4, -0.2) is 17.5 Å². The fourth-order valence-corrected chi connectivity index (χ4v) is 3.06. The molecule has 4 rings (SSSR count). The molecule has 0 bridgehead atoms. The third-order valence-electron chi connectivity index (χ3n) is 2.64. The van der Waals surface area contributed by atoms with Crippen molar-refractivity contribution in [3.8, 4) is 0 Å². The highest BCUT2D eigenvalue weighted by molar-refractivity contribution is 7.01. The van der Waals surface area contributed by atoms with Gasteiger partial charge < -0.3 is 0 Å². The fourth-order valence-electron chi connectivity index (χ4n) is 1.94. The van der Waals surface area contributed by atoms with Gasteiger partial charge in [0.05, 0.1) is 23.5 Å². The number of fused-ring (bicyclic) bond motifs is 6. The first-order chi connectivity index (χ1) is 7.95. The summed E-state index contributed by atoms with van der Waals surface area (Å²) in [6.07, 6.45) is 0. The maximum Gasteiger partial charge on any atom is 0.134 e. The Bertz CT molecular complexity index is 748. The average Bonchev–Trinajstić information content (AvgIpc) is 2.98. The number of nitrogens with zero attached hydrogens (tertiary/aromatic N) is 4. The van der Waals surface area contributed by atoms with Gasteiger partial charge in [-0.3, -0.25) is 0 Å². The van der Waals surface area contributed by atoms with E-state index in [9.17, 15) is 0 Å². The second kappa shape index (κ2) is 2.93. The van der Waals surface area contributed by atoms with E-state index in [0.717, 1.165) is 32.8 Å². The molecule has 0 saturated carbocycles. The largest absolute Gasteiger partial charge is 0.172 e. The summed E-state index contributed by atoms with van der Waals surface area (Å²) in [6.45, 7) is 0. The Hall–Kier alpha value is -1.66. The molecule has 0 unspecified atom stereocenters. The van der Waals surface area contributed by atoms with Crippen LogP contribution in [0.3, 0.4) is 0 Å². The van der Waals surface area contributed by atoms with Crippen molar-refractivity contribution in [3.05, 3.63) is 24.3 Å². The molecule has 16 heavy (non-hydrogen) atoms. The molecule has 0 atom stereocenters. The molecule has 0 amide bonds. The summed E-state index contributed by atoms with van der Waals surface area (Å²) in [5.41, 5.74) is 3.60. The van der Waals surface area contributed by atoms with Crippen molar-refractivity contribution < 1.29 is 0 Å². The van der Waals surface area contributed by atoms with Crippen molar-refractivity contribution in [2.45, 2.75) is 0 Å². The molecule has 0 spiro atoms. The lowest BCUT2D eigenvalue weighted by molar-refractivity contribution is 1.64. The normalized spacial score (nSPS) is 11.8. The Morgan fingerprint density at radius 1 is 0.625 bits per heavy atom. The van der Waals surface area contributed by atoms with E-state index in [1.165, 1.54) is 23.5 Å². The van der Waals surface area contributed by atoms with Gasteiger partial charge in [-0.2, -0.15) is 17.5 Å². The molecule has 0 aliphatic carbocycles. The van der Waals surface area contributed by atoms with Crippen LogP contribution >= 0.6 is 23.5 Å². The van der Waals surface area contributed by atoms with Gasteiger partial charge in [-0.1, -0.05) is 24.3 Å². The molecule has 0 aliphatic rings. The van der Waals surface area contributed by atoms with Gasteiger partial charge in [0, 0.05) is 10.8 Å². The first-order valence-electron chi connectivity index (χ1n) is 4.70. The van der Waals surface area contributed by atoms with Crippen molar-refractivity contribution in [2.24, 2.45) is 0 Å². The Balaban J connectivity index is 2.51. The molecular formula is C10H4N4S2. The summed E-state index contributed by atoms with van der Waals surface area (Å²) >= 11 is 2.45. The number of hydrogen-bond acceptors (Lipinski definition) is 6. The standard InChI is InChI=1S/C10H4N4S2/c1-2-4-6-5(3-1)7-9(13-15-11-7)10-8(6)12-16-14-10/h1-4H. The van der Waals surface area contributed by atoms with Gasteiger partial charge in [0.25, 0.3) is 0 Å². The summed E-state index contributed by atoms with van der Waals surface area (Å²) in [6, 6.07) is 8.12. The van der Waals surface area contributed by atoms with E-state index in [4.69, 9.17) is 0 Å². The highest BCUT2D eigenvalue weighted by Gasteiger charge is 2.13. The molecule has 4 aromatic rings. The topological polar surface area (TPSA) is 51.6 Å². The summed E-state index contributed by atoms with van der Waals surface area (Å²) in [4.78, 5) is 0. The molecule has 6 heteroatoms. The molecule has 0 aliphatic heterocycles. The van der Waals surface area contributed by atoms with Gasteiger partial charge in [-0.25, -0.2) is 0 Å². The lowest BCUT2D eigenvalue weighted by atomic mass is 10.1. The van der Waals surface area contributed by atoms with Crippen LogP contribution in [0.2, 0.25) is 0 Å². The fraction of sp³-hybridized carbons (Fsp3) is 0. The minimum atomic E-state index is 0.868. The first kappa shape index (κ1) is 8.49. The lowest BCUT2D eigenvalue weighted by Crippen LogP contribution is -1.80. The van der Waals surface area contributed by atoms with E-state index in [-0.39, 0.29) is 0 Å². The predicted octanol–water partition coefficient (Wildman–Crippen LogP) is 2.85. The zero-order valence-corrected chi connectivity index (χ0v) is 9.55. The minimum Gasteiger partial charge on any atom is -0.172 e. The predicted molar refractivity (Wildman–Crippen MR) is 65.9 cm³/mol. The van der Waals surface area contributed by atoms with Crippen LogP contribution < -0.4 is 0 Å². The van der Waals surface area contributed by atoms with E-state index >= 15 is 0 Å². The van der Waals surface area contributed by atoms with E-state index in [0.29, 0.717) is 0 Å². The van der Waals surface area contributed by atoms with Gasteiger partial charge in [0.2, 0.25) is 0 Å². The van der Waals surface area contributed by atoms with Gasteiger partial charge in [0.15, 0.2) is 0 Å². The quantitative estimate of drug-likeness (QED) is 0.477. The summed E-state index contributed by atoms with van der Waals surface area (Å²) < 4.78 is 17.3. The summed E-state index contributed by atoms with van der Waals surface area (Å²) in [7, 11) is 0. The lowest BCUT2D eigenvalue weighted by Gasteiger charge is -1.98. The zero-order valence-electron chi connectivity index (χ0n) is 7.91. The molecule has 2 aromatic heterocycles. The molecule has 4 nitrogen and oxygen atoms in total. The van der Waals surface area contributed by atoms with Crippen LogP contribution in [0, 0.1) is 0 Å². The third kappa shape index (κ3) is 0.929. The van der Waals surface area contributed by atoms with Crippen molar-refractivity contribution in [3.63, 3.8) is 0 Å². The van der Waals surface area contributed by atoms with Crippen molar-refractivity contribution >= 4 is 56.3 Å². The van der Waals surface area contributed by atoms with E-state index in [1.54, 1.807) is 0 Å². The number of aromatic nitrogens is 4. The maximum absolute atomic E-state index is 4.34. The molecule has 0 saturated heterocycles. The molecular weight excluding hydrogens is 240 g/mol. The Morgan fingerprint density at radius 2 is 1.06 bits per heavy atom. The average molecular weight is 244 g/mol. The number of benzene rings is 2. The van der Waals surface area contributed by atoms with E-state index in [2.05, 4.69) is 29.6 Å². The molecule has 0 radical (unpaired) electrons. The van der Waals surface area contributed by atoms with Crippen LogP contribution in [0.1, 0.15) is 0 Å². The van der Waals surface area contributed by atoms with Gasteiger partial charge in [-0.15, -0.1) is 0 Å². The molecule has 76 valence electrons. The van der Waals surface area contributed by atoms with Crippen LogP contribution in [0.4, 0.5) is 0 Å². The van der Waals surface area contributed by atoms with E-state index in [1.807, 2.05) is 12.1 Å². The summed E-state index contributed by atoms with van der Waals surface area (Å²) in [5, 5.41) is 2.21. The second-order valence-electron chi connectivity index (χ2n) is 3.47. The molecule has 0 fully saturated rings. The first-order valence-corrected chi connectivity index (χ1v) is 6.16. The highest BCUT2D eigenvalue weighted by Crippen LogP contribution is 2.32. The van der Waals surface area contributed by atoms with E-state index < -0.39 is 0 Å². The van der Waals surface area contributed by atoms with Crippen molar-refractivity contribution in [1.82, 2.24) is 17.5 Å². The van der Waals surface area contributed by atoms with Gasteiger partial charge >= 0.3 is 0 Å². The Kier molecular flexibility index (Phi) is 1.55.